The first-order valence-electron chi connectivity index (χ1n) is 2.26. The minimum absolute atomic E-state index is 0. The largest absolute Gasteiger partial charge is 0.542 e. The second-order valence-electron chi connectivity index (χ2n) is 1.25. The summed E-state index contributed by atoms with van der Waals surface area (Å²) in [6.45, 7) is 2.05. The van der Waals surface area contributed by atoms with Gasteiger partial charge in [-0.1, -0.05) is 19.8 Å². The van der Waals surface area contributed by atoms with Gasteiger partial charge >= 0.3 is 0 Å². The Bertz CT molecular complexity index is 37.1. The minimum atomic E-state index is 0. The Labute approximate surface area is 58.1 Å². The fourth-order valence-corrected chi connectivity index (χ4v) is 0.249. The Morgan fingerprint density at radius 3 is 2.29 bits per heavy atom. The molecular weight excluding hydrogens is 182 g/mol. The first kappa shape index (κ1) is 10.3. The molecule has 0 aliphatic carbocycles. The van der Waals surface area contributed by atoms with Crippen molar-refractivity contribution in [1.82, 2.24) is 0 Å². The Kier molecular flexibility index (Phi) is 14.2. The van der Waals surface area contributed by atoms with Crippen molar-refractivity contribution in [3.63, 3.8) is 0 Å². The molecule has 46 valence electrons. The minimum Gasteiger partial charge on any atom is -0.542 e. The first-order chi connectivity index (χ1) is 2.91. The van der Waals surface area contributed by atoms with Gasteiger partial charge in [0.25, 0.3) is 0 Å². The molecule has 0 fully saturated rings. The average Bonchev–Trinajstić information content (AvgIpc) is 1.61. The maximum atomic E-state index is 9.44. The number of carbonyl (C=O) groups excluding carboxylic acids is 1. The Balaban J connectivity index is 0. The van der Waals surface area contributed by atoms with Crippen LogP contribution in [0, 0.1) is 0 Å². The van der Waals surface area contributed by atoms with E-state index in [-0.39, 0.29) is 20.4 Å². The van der Waals surface area contributed by atoms with Gasteiger partial charge in [0.05, 0.1) is 0 Å². The Hall–Kier alpha value is 0.332. The van der Waals surface area contributed by atoms with Crippen molar-refractivity contribution in [3.8, 4) is 0 Å². The van der Waals surface area contributed by atoms with Crippen LogP contribution in [0.5, 0.6) is 0 Å². The molecule has 0 amide bonds. The van der Waals surface area contributed by atoms with E-state index >= 15 is 0 Å². The van der Waals surface area contributed by atoms with Crippen molar-refractivity contribution in [3.05, 3.63) is 0 Å². The molecule has 0 radical (unpaired) electrons. The molecule has 0 heterocycles. The van der Waals surface area contributed by atoms with Crippen LogP contribution in [0.1, 0.15) is 26.2 Å². The first-order valence-corrected chi connectivity index (χ1v) is 2.26. The molecule has 0 bridgehead atoms. The van der Waals surface area contributed by atoms with E-state index in [1.807, 2.05) is 6.29 Å². The van der Waals surface area contributed by atoms with Gasteiger partial charge in [-0.25, -0.2) is 0 Å². The molecule has 0 aliphatic heterocycles. The van der Waals surface area contributed by atoms with Gasteiger partial charge in [-0.3, -0.25) is 6.29 Å². The summed E-state index contributed by atoms with van der Waals surface area (Å²) in [4.78, 5) is 9.44. The molecule has 0 saturated carbocycles. The predicted molar refractivity (Wildman–Crippen MR) is 25.2 cm³/mol. The van der Waals surface area contributed by atoms with Gasteiger partial charge < -0.3 is 4.79 Å². The Morgan fingerprint density at radius 2 is 2.14 bits per heavy atom. The van der Waals surface area contributed by atoms with Crippen LogP contribution in [0.25, 0.3) is 0 Å². The number of unbranched alkanes of at least 4 members (excludes halogenated alkanes) is 2. The van der Waals surface area contributed by atoms with Gasteiger partial charge in [-0.2, -0.15) is 6.42 Å². The third-order valence-electron chi connectivity index (χ3n) is 0.632. The topological polar surface area (TPSA) is 17.1 Å². The zero-order valence-corrected chi connectivity index (χ0v) is 5.90. The van der Waals surface area contributed by atoms with Gasteiger partial charge in [0.1, 0.15) is 0 Å². The van der Waals surface area contributed by atoms with E-state index in [0.29, 0.717) is 6.42 Å². The molecule has 0 spiro atoms. The van der Waals surface area contributed by atoms with Crippen LogP contribution < -0.4 is 0 Å². The van der Waals surface area contributed by atoms with E-state index in [1.54, 1.807) is 0 Å². The molecule has 0 aromatic heterocycles. The van der Waals surface area contributed by atoms with Gasteiger partial charge in [-0.15, -0.1) is 0 Å². The molecule has 0 saturated heterocycles. The number of hydrogen-bond acceptors (Lipinski definition) is 1. The summed E-state index contributed by atoms with van der Waals surface area (Å²) in [5.41, 5.74) is 0. The van der Waals surface area contributed by atoms with Gasteiger partial charge in [0.15, 0.2) is 0 Å². The van der Waals surface area contributed by atoms with Crippen LogP contribution >= 0.6 is 0 Å². The molecule has 0 N–H and O–H groups in total. The summed E-state index contributed by atoms with van der Waals surface area (Å²) in [6, 6.07) is 0. The molecule has 0 aliphatic rings. The molecule has 0 aromatic rings. The van der Waals surface area contributed by atoms with E-state index in [4.69, 9.17) is 0 Å². The molecule has 2 heteroatoms. The second kappa shape index (κ2) is 9.59. The quantitative estimate of drug-likeness (QED) is 0.373. The van der Waals surface area contributed by atoms with Crippen molar-refractivity contribution in [1.29, 1.82) is 0 Å². The van der Waals surface area contributed by atoms with E-state index in [2.05, 4.69) is 6.92 Å². The average molecular weight is 192 g/mol. The monoisotopic (exact) mass is 191 g/mol. The molecule has 0 rings (SSSR count). The van der Waals surface area contributed by atoms with Crippen LogP contribution in [-0.2, 0) is 25.2 Å². The SMILES string of the molecule is CCCC[C-]=O.[Pd]. The normalized spacial score (nSPS) is 7.00. The van der Waals surface area contributed by atoms with E-state index in [0.717, 1.165) is 12.8 Å². The summed E-state index contributed by atoms with van der Waals surface area (Å²) in [7, 11) is 0. The molecular formula is C5H9OPd-. The molecule has 0 atom stereocenters. The summed E-state index contributed by atoms with van der Waals surface area (Å²) < 4.78 is 0. The van der Waals surface area contributed by atoms with Crippen LogP contribution in [0.2, 0.25) is 0 Å². The standard InChI is InChI=1S/C5H9O.Pd/c1-2-3-4-5-6;/h2-4H2,1H3;/q-1;. The Morgan fingerprint density at radius 1 is 1.57 bits per heavy atom. The zero-order chi connectivity index (χ0) is 4.83. The smallest absolute Gasteiger partial charge is 0 e. The van der Waals surface area contributed by atoms with Crippen molar-refractivity contribution >= 4 is 6.29 Å². The van der Waals surface area contributed by atoms with Crippen molar-refractivity contribution in [2.24, 2.45) is 0 Å². The summed E-state index contributed by atoms with van der Waals surface area (Å²) in [6.07, 6.45) is 4.51. The molecule has 0 unspecified atom stereocenters. The van der Waals surface area contributed by atoms with Crippen LogP contribution in [0.4, 0.5) is 0 Å². The fourth-order valence-electron chi connectivity index (χ4n) is 0.249. The van der Waals surface area contributed by atoms with Crippen molar-refractivity contribution in [2.45, 2.75) is 26.2 Å². The van der Waals surface area contributed by atoms with E-state index in [1.165, 1.54) is 0 Å². The molecule has 0 aromatic carbocycles. The van der Waals surface area contributed by atoms with Crippen LogP contribution in [0.3, 0.4) is 0 Å². The van der Waals surface area contributed by atoms with Crippen molar-refractivity contribution < 1.29 is 25.2 Å². The summed E-state index contributed by atoms with van der Waals surface area (Å²) in [5, 5.41) is 0. The van der Waals surface area contributed by atoms with Gasteiger partial charge in [-0.05, 0) is 0 Å². The third kappa shape index (κ3) is 10.7. The van der Waals surface area contributed by atoms with Crippen LogP contribution in [-0.4, -0.2) is 6.29 Å². The van der Waals surface area contributed by atoms with Gasteiger partial charge in [0, 0.05) is 20.4 Å². The molecule has 1 nitrogen and oxygen atoms in total. The van der Waals surface area contributed by atoms with E-state index < -0.39 is 0 Å². The zero-order valence-electron chi connectivity index (χ0n) is 4.35. The number of hydrogen-bond donors (Lipinski definition) is 0. The fraction of sp³-hybridized carbons (Fsp3) is 0.800. The van der Waals surface area contributed by atoms with Gasteiger partial charge in [0.2, 0.25) is 0 Å². The third-order valence-corrected chi connectivity index (χ3v) is 0.632. The maximum absolute atomic E-state index is 9.44. The second-order valence-corrected chi connectivity index (χ2v) is 1.25. The summed E-state index contributed by atoms with van der Waals surface area (Å²) >= 11 is 0. The van der Waals surface area contributed by atoms with Crippen molar-refractivity contribution in [2.75, 3.05) is 0 Å². The maximum Gasteiger partial charge on any atom is 0 e. The summed E-state index contributed by atoms with van der Waals surface area (Å²) in [5.74, 6) is 0. The molecule has 7 heavy (non-hydrogen) atoms. The van der Waals surface area contributed by atoms with E-state index in [9.17, 15) is 4.79 Å². The van der Waals surface area contributed by atoms with Crippen LogP contribution in [0.15, 0.2) is 0 Å². The predicted octanol–water partition coefficient (Wildman–Crippen LogP) is 1.28. The number of rotatable bonds is 3.